The summed E-state index contributed by atoms with van der Waals surface area (Å²) >= 11 is 1.71. The lowest BCUT2D eigenvalue weighted by atomic mass is 10.2. The highest BCUT2D eigenvalue weighted by Gasteiger charge is 2.04. The maximum Gasteiger partial charge on any atom is 0.194 e. The van der Waals surface area contributed by atoms with E-state index in [0.717, 1.165) is 5.13 Å². The molecule has 0 amide bonds. The maximum absolute atomic E-state index is 4.39. The number of nitrogens with zero attached hydrogens (tertiary/aromatic N) is 2. The van der Waals surface area contributed by atoms with Gasteiger partial charge in [-0.25, -0.2) is 4.98 Å². The number of aromatic nitrogens is 2. The number of rotatable bonds is 1. The number of thiazole rings is 1. The van der Waals surface area contributed by atoms with Crippen molar-refractivity contribution in [3.8, 4) is 5.13 Å². The van der Waals surface area contributed by atoms with Gasteiger partial charge in [0, 0.05) is 22.7 Å². The monoisotopic (exact) mass is 214 g/mol. The zero-order chi connectivity index (χ0) is 10.3. The number of hydrogen-bond acceptors (Lipinski definition) is 2. The molecule has 0 saturated carbocycles. The highest BCUT2D eigenvalue weighted by Crippen LogP contribution is 2.23. The molecule has 0 aliphatic heterocycles. The van der Waals surface area contributed by atoms with E-state index >= 15 is 0 Å². The lowest BCUT2D eigenvalue weighted by Crippen LogP contribution is -1.89. The summed E-state index contributed by atoms with van der Waals surface area (Å²) in [6.45, 7) is 2.08. The lowest BCUT2D eigenvalue weighted by molar-refractivity contribution is 1.09. The Hall–Kier alpha value is -1.61. The first-order valence-corrected chi connectivity index (χ1v) is 5.65. The van der Waals surface area contributed by atoms with E-state index in [1.807, 2.05) is 6.20 Å². The second kappa shape index (κ2) is 3.21. The SMILES string of the molecule is Cc1cnc(-n2ccc3ccccc32)s1. The van der Waals surface area contributed by atoms with Crippen LogP contribution in [-0.4, -0.2) is 9.55 Å². The van der Waals surface area contributed by atoms with Crippen LogP contribution in [0.3, 0.4) is 0 Å². The zero-order valence-corrected chi connectivity index (χ0v) is 9.16. The van der Waals surface area contributed by atoms with Crippen LogP contribution in [0.4, 0.5) is 0 Å². The van der Waals surface area contributed by atoms with E-state index in [2.05, 4.69) is 53.0 Å². The molecule has 0 fully saturated rings. The topological polar surface area (TPSA) is 17.8 Å². The highest BCUT2D eigenvalue weighted by molar-refractivity contribution is 7.14. The Morgan fingerprint density at radius 3 is 2.87 bits per heavy atom. The third-order valence-corrected chi connectivity index (χ3v) is 3.33. The summed E-state index contributed by atoms with van der Waals surface area (Å²) in [7, 11) is 0. The van der Waals surface area contributed by atoms with E-state index in [1.54, 1.807) is 11.3 Å². The third-order valence-electron chi connectivity index (χ3n) is 2.41. The molecule has 3 heteroatoms. The molecule has 0 radical (unpaired) electrons. The van der Waals surface area contributed by atoms with Crippen molar-refractivity contribution < 1.29 is 0 Å². The average molecular weight is 214 g/mol. The first-order valence-electron chi connectivity index (χ1n) is 4.83. The smallest absolute Gasteiger partial charge is 0.194 e. The molecular formula is C12H10N2S. The fourth-order valence-electron chi connectivity index (χ4n) is 1.70. The van der Waals surface area contributed by atoms with Crippen LogP contribution < -0.4 is 0 Å². The standard InChI is InChI=1S/C12H10N2S/c1-9-8-13-12(15-9)14-7-6-10-4-2-3-5-11(10)14/h2-8H,1H3. The van der Waals surface area contributed by atoms with Crippen molar-refractivity contribution >= 4 is 22.2 Å². The summed E-state index contributed by atoms with van der Waals surface area (Å²) in [5.74, 6) is 0. The molecule has 74 valence electrons. The van der Waals surface area contributed by atoms with Crippen LogP contribution in [0.25, 0.3) is 16.0 Å². The largest absolute Gasteiger partial charge is 0.293 e. The van der Waals surface area contributed by atoms with Crippen molar-refractivity contribution in [2.75, 3.05) is 0 Å². The third kappa shape index (κ3) is 1.36. The second-order valence-electron chi connectivity index (χ2n) is 3.50. The van der Waals surface area contributed by atoms with E-state index in [-0.39, 0.29) is 0 Å². The highest BCUT2D eigenvalue weighted by atomic mass is 32.1. The van der Waals surface area contributed by atoms with Crippen LogP contribution in [0.5, 0.6) is 0 Å². The molecule has 1 aromatic carbocycles. The summed E-state index contributed by atoms with van der Waals surface area (Å²) < 4.78 is 2.13. The van der Waals surface area contributed by atoms with E-state index in [1.165, 1.54) is 15.8 Å². The molecule has 0 saturated heterocycles. The molecule has 0 atom stereocenters. The molecule has 2 nitrogen and oxygen atoms in total. The molecule has 0 aliphatic rings. The molecule has 15 heavy (non-hydrogen) atoms. The van der Waals surface area contributed by atoms with E-state index in [0.29, 0.717) is 0 Å². The minimum Gasteiger partial charge on any atom is -0.293 e. The Morgan fingerprint density at radius 2 is 2.07 bits per heavy atom. The van der Waals surface area contributed by atoms with Gasteiger partial charge in [0.05, 0.1) is 5.52 Å². The molecule has 0 spiro atoms. The molecule has 0 unspecified atom stereocenters. The normalized spacial score (nSPS) is 11.0. The molecule has 0 N–H and O–H groups in total. The minimum absolute atomic E-state index is 1.04. The van der Waals surface area contributed by atoms with Gasteiger partial charge in [-0.2, -0.15) is 0 Å². The first kappa shape index (κ1) is 8.68. The van der Waals surface area contributed by atoms with E-state index < -0.39 is 0 Å². The fraction of sp³-hybridized carbons (Fsp3) is 0.0833. The maximum atomic E-state index is 4.39. The van der Waals surface area contributed by atoms with Gasteiger partial charge in [-0.1, -0.05) is 18.2 Å². The summed E-state index contributed by atoms with van der Waals surface area (Å²) in [5, 5.41) is 2.29. The predicted molar refractivity (Wildman–Crippen MR) is 63.7 cm³/mol. The van der Waals surface area contributed by atoms with Gasteiger partial charge in [0.2, 0.25) is 0 Å². The summed E-state index contributed by atoms with van der Waals surface area (Å²) in [6, 6.07) is 10.5. The van der Waals surface area contributed by atoms with Gasteiger partial charge in [-0.15, -0.1) is 11.3 Å². The van der Waals surface area contributed by atoms with Gasteiger partial charge in [-0.3, -0.25) is 4.57 Å². The van der Waals surface area contributed by atoms with Crippen molar-refractivity contribution in [3.05, 3.63) is 47.6 Å². The average Bonchev–Trinajstić information content (AvgIpc) is 2.83. The first-order chi connectivity index (χ1) is 7.34. The molecule has 3 rings (SSSR count). The summed E-state index contributed by atoms with van der Waals surface area (Å²) in [4.78, 5) is 5.63. The Morgan fingerprint density at radius 1 is 1.20 bits per heavy atom. The molecule has 2 heterocycles. The Labute approximate surface area is 91.8 Å². The van der Waals surface area contributed by atoms with Gasteiger partial charge >= 0.3 is 0 Å². The Bertz CT molecular complexity index is 607. The van der Waals surface area contributed by atoms with Gasteiger partial charge in [0.25, 0.3) is 0 Å². The van der Waals surface area contributed by atoms with Gasteiger partial charge in [-0.05, 0) is 19.1 Å². The van der Waals surface area contributed by atoms with Crippen LogP contribution >= 0.6 is 11.3 Å². The van der Waals surface area contributed by atoms with Crippen LogP contribution in [0, 0.1) is 6.92 Å². The van der Waals surface area contributed by atoms with E-state index in [4.69, 9.17) is 0 Å². The van der Waals surface area contributed by atoms with Crippen LogP contribution in [0.15, 0.2) is 42.7 Å². The number of fused-ring (bicyclic) bond motifs is 1. The van der Waals surface area contributed by atoms with E-state index in [9.17, 15) is 0 Å². The summed E-state index contributed by atoms with van der Waals surface area (Å²) in [6.07, 6.45) is 3.98. The van der Waals surface area contributed by atoms with Crippen LogP contribution in [0.1, 0.15) is 4.88 Å². The van der Waals surface area contributed by atoms with Crippen molar-refractivity contribution in [2.24, 2.45) is 0 Å². The molecule has 3 aromatic rings. The van der Waals surface area contributed by atoms with Crippen LogP contribution in [0.2, 0.25) is 0 Å². The number of para-hydroxylation sites is 1. The van der Waals surface area contributed by atoms with Crippen molar-refractivity contribution in [3.63, 3.8) is 0 Å². The molecular weight excluding hydrogens is 204 g/mol. The Balaban J connectivity index is 2.27. The van der Waals surface area contributed by atoms with Gasteiger partial charge in [0.15, 0.2) is 5.13 Å². The zero-order valence-electron chi connectivity index (χ0n) is 8.34. The Kier molecular flexibility index (Phi) is 1.86. The second-order valence-corrected chi connectivity index (χ2v) is 4.71. The number of benzene rings is 1. The fourth-order valence-corrected chi connectivity index (χ4v) is 2.46. The van der Waals surface area contributed by atoms with Crippen molar-refractivity contribution in [1.29, 1.82) is 0 Å². The number of hydrogen-bond donors (Lipinski definition) is 0. The minimum atomic E-state index is 1.04. The molecule has 2 aromatic heterocycles. The van der Waals surface area contributed by atoms with Gasteiger partial charge < -0.3 is 0 Å². The number of aryl methyl sites for hydroxylation is 1. The summed E-state index contributed by atoms with van der Waals surface area (Å²) in [5.41, 5.74) is 1.21. The lowest BCUT2D eigenvalue weighted by Gasteiger charge is -1.98. The predicted octanol–water partition coefficient (Wildman–Crippen LogP) is 3.40. The van der Waals surface area contributed by atoms with Crippen LogP contribution in [-0.2, 0) is 0 Å². The molecule has 0 aliphatic carbocycles. The van der Waals surface area contributed by atoms with Crippen molar-refractivity contribution in [1.82, 2.24) is 9.55 Å². The quantitative estimate of drug-likeness (QED) is 0.607. The van der Waals surface area contributed by atoms with Gasteiger partial charge in [0.1, 0.15) is 0 Å². The van der Waals surface area contributed by atoms with Crippen molar-refractivity contribution in [2.45, 2.75) is 6.92 Å². The molecule has 0 bridgehead atoms.